The Morgan fingerprint density at radius 1 is 1.04 bits per heavy atom. The number of fused-ring (bicyclic) bond motifs is 4. The molecule has 5 aliphatic carbocycles. The minimum absolute atomic E-state index is 0.0116. The van der Waals surface area contributed by atoms with Gasteiger partial charge in [-0.1, -0.05) is 34.6 Å². The van der Waals surface area contributed by atoms with Crippen molar-refractivity contribution in [1.82, 2.24) is 10.2 Å². The molecule has 0 radical (unpaired) electrons. The SMILES string of the molecule is C[C@@H]1CC(C(O)C(C)(C)O)OC2C1C1(C)CCC34CC35CCC(OC3CN(C(=O)C6CNC6)CCO3)C(C)(C)[C@@H]5CCC4C1(C)[C@H]2O. The van der Waals surface area contributed by atoms with Crippen LogP contribution in [-0.4, -0.2) is 101 Å². The first-order valence-corrected chi connectivity index (χ1v) is 19.0. The number of aliphatic hydroxyl groups excluding tert-OH is 2. The van der Waals surface area contributed by atoms with E-state index in [1.807, 2.05) is 4.90 Å². The molecule has 1 amide bonds. The van der Waals surface area contributed by atoms with Crippen LogP contribution < -0.4 is 5.32 Å². The number of hydrogen-bond acceptors (Lipinski definition) is 8. The summed E-state index contributed by atoms with van der Waals surface area (Å²) in [6, 6.07) is 0. The van der Waals surface area contributed by atoms with E-state index in [1.54, 1.807) is 13.8 Å². The average Bonchev–Trinajstić information content (AvgIpc) is 3.61. The predicted molar refractivity (Wildman–Crippen MR) is 176 cm³/mol. The number of morpholine rings is 1. The van der Waals surface area contributed by atoms with Crippen molar-refractivity contribution in [2.24, 2.45) is 56.7 Å². The molecule has 0 aromatic heterocycles. The van der Waals surface area contributed by atoms with Crippen molar-refractivity contribution in [3.63, 3.8) is 0 Å². The van der Waals surface area contributed by atoms with Gasteiger partial charge in [0.2, 0.25) is 5.91 Å². The Kier molecular flexibility index (Phi) is 7.53. The molecule has 9 heteroatoms. The van der Waals surface area contributed by atoms with Gasteiger partial charge in [0.05, 0.1) is 49.1 Å². The molecule has 3 aliphatic heterocycles. The highest BCUT2D eigenvalue weighted by Gasteiger charge is 2.84. The fourth-order valence-electron chi connectivity index (χ4n) is 14.0. The number of ether oxygens (including phenoxy) is 3. The smallest absolute Gasteiger partial charge is 0.228 e. The van der Waals surface area contributed by atoms with Crippen molar-refractivity contribution in [2.75, 3.05) is 32.8 Å². The Bertz CT molecular complexity index is 1270. The standard InChI is InChI=1S/C38H62N2O7/c1-21-16-23(30(41)34(4,5)44)46-29-28(21)35(6)12-13-38-20-37(38)11-10-26(33(2,3)24(37)8-9-25(38)36(35,7)31(29)42)47-27-19-40(14-15-45-27)32(43)22-17-39-18-22/h21-31,39,41-42,44H,8-20H2,1-7H3/t21-,23?,24+,25?,26?,27?,28?,29?,30?,31+,35?,36?,37?,38?/m1/s1. The van der Waals surface area contributed by atoms with Crippen LogP contribution in [0.15, 0.2) is 0 Å². The first-order valence-electron chi connectivity index (χ1n) is 19.0. The molecule has 3 heterocycles. The number of carbonyl (C=O) groups excluding carboxylic acids is 1. The van der Waals surface area contributed by atoms with Crippen LogP contribution in [0.25, 0.3) is 0 Å². The predicted octanol–water partition coefficient (Wildman–Crippen LogP) is 3.72. The molecule has 3 saturated heterocycles. The van der Waals surface area contributed by atoms with E-state index in [4.69, 9.17) is 14.2 Å². The number of carbonyl (C=O) groups is 1. The second-order valence-corrected chi connectivity index (χ2v) is 19.2. The number of hydrogen-bond donors (Lipinski definition) is 4. The maximum Gasteiger partial charge on any atom is 0.228 e. The van der Waals surface area contributed by atoms with Crippen molar-refractivity contribution in [3.05, 3.63) is 0 Å². The van der Waals surface area contributed by atoms with Gasteiger partial charge in [-0.25, -0.2) is 0 Å². The summed E-state index contributed by atoms with van der Waals surface area (Å²) >= 11 is 0. The molecule has 9 nitrogen and oxygen atoms in total. The van der Waals surface area contributed by atoms with Gasteiger partial charge in [-0.05, 0) is 111 Å². The Morgan fingerprint density at radius 3 is 2.43 bits per heavy atom. The van der Waals surface area contributed by atoms with Gasteiger partial charge in [0.1, 0.15) is 6.10 Å². The molecule has 11 unspecified atom stereocenters. The Balaban J connectivity index is 1.01. The van der Waals surface area contributed by atoms with Crippen LogP contribution in [0.5, 0.6) is 0 Å². The lowest BCUT2D eigenvalue weighted by Crippen LogP contribution is -2.60. The van der Waals surface area contributed by atoms with Gasteiger partial charge >= 0.3 is 0 Å². The number of nitrogens with one attached hydrogen (secondary N) is 1. The van der Waals surface area contributed by atoms with E-state index in [2.05, 4.69) is 39.9 Å². The number of nitrogens with zero attached hydrogens (tertiary/aromatic N) is 1. The van der Waals surface area contributed by atoms with Crippen molar-refractivity contribution >= 4 is 5.91 Å². The first-order chi connectivity index (χ1) is 22.0. The fraction of sp³-hybridized carbons (Fsp3) is 0.974. The molecule has 0 aromatic rings. The highest BCUT2D eigenvalue weighted by Crippen LogP contribution is 2.89. The Morgan fingerprint density at radius 2 is 1.74 bits per heavy atom. The van der Waals surface area contributed by atoms with E-state index in [9.17, 15) is 20.1 Å². The van der Waals surface area contributed by atoms with Crippen LogP contribution in [-0.2, 0) is 19.0 Å². The highest BCUT2D eigenvalue weighted by atomic mass is 16.7. The van der Waals surface area contributed by atoms with Gasteiger partial charge in [0.15, 0.2) is 6.29 Å². The third-order valence-electron chi connectivity index (χ3n) is 16.6. The van der Waals surface area contributed by atoms with Gasteiger partial charge in [-0.2, -0.15) is 0 Å². The highest BCUT2D eigenvalue weighted by molar-refractivity contribution is 5.80. The average molecular weight is 659 g/mol. The van der Waals surface area contributed by atoms with Crippen molar-refractivity contribution in [1.29, 1.82) is 0 Å². The monoisotopic (exact) mass is 658 g/mol. The minimum Gasteiger partial charge on any atom is -0.390 e. The van der Waals surface area contributed by atoms with Crippen molar-refractivity contribution in [3.8, 4) is 0 Å². The van der Waals surface area contributed by atoms with E-state index in [-0.39, 0.29) is 63.3 Å². The lowest BCUT2D eigenvalue weighted by molar-refractivity contribution is -0.248. The number of rotatable bonds is 5. The lowest BCUT2D eigenvalue weighted by Gasteiger charge is -2.64. The van der Waals surface area contributed by atoms with Crippen LogP contribution in [0.2, 0.25) is 0 Å². The number of amides is 1. The normalized spacial score (nSPS) is 52.6. The zero-order chi connectivity index (χ0) is 33.5. The third-order valence-corrected chi connectivity index (χ3v) is 16.6. The summed E-state index contributed by atoms with van der Waals surface area (Å²) in [5.41, 5.74) is -1.04. The molecule has 4 N–H and O–H groups in total. The summed E-state index contributed by atoms with van der Waals surface area (Å²) < 4.78 is 19.6. The summed E-state index contributed by atoms with van der Waals surface area (Å²) in [5, 5.41) is 37.3. The summed E-state index contributed by atoms with van der Waals surface area (Å²) in [6.07, 6.45) is 6.08. The van der Waals surface area contributed by atoms with Crippen molar-refractivity contribution in [2.45, 2.75) is 142 Å². The summed E-state index contributed by atoms with van der Waals surface area (Å²) in [5.74, 6) is 1.85. The first kappa shape index (κ1) is 33.3. The van der Waals surface area contributed by atoms with E-state index >= 15 is 0 Å². The third kappa shape index (κ3) is 4.35. The summed E-state index contributed by atoms with van der Waals surface area (Å²) in [7, 11) is 0. The molecular formula is C38H62N2O7. The second-order valence-electron chi connectivity index (χ2n) is 19.2. The summed E-state index contributed by atoms with van der Waals surface area (Å²) in [6.45, 7) is 18.5. The minimum atomic E-state index is -1.26. The van der Waals surface area contributed by atoms with Crippen LogP contribution in [0.4, 0.5) is 0 Å². The van der Waals surface area contributed by atoms with Gasteiger partial charge in [-0.15, -0.1) is 0 Å². The Hall–Kier alpha value is -0.810. The van der Waals surface area contributed by atoms with Gasteiger partial charge in [0.25, 0.3) is 0 Å². The molecule has 14 atom stereocenters. The Labute approximate surface area is 281 Å². The largest absolute Gasteiger partial charge is 0.390 e. The van der Waals surface area contributed by atoms with Crippen molar-refractivity contribution < 1.29 is 34.3 Å². The zero-order valence-corrected chi connectivity index (χ0v) is 30.0. The zero-order valence-electron chi connectivity index (χ0n) is 30.0. The van der Waals surface area contributed by atoms with E-state index in [1.165, 1.54) is 12.8 Å². The molecule has 2 spiro atoms. The van der Waals surface area contributed by atoms with Gasteiger partial charge in [-0.3, -0.25) is 4.79 Å². The summed E-state index contributed by atoms with van der Waals surface area (Å²) in [4.78, 5) is 14.9. The van der Waals surface area contributed by atoms with E-state index < -0.39 is 23.9 Å². The molecule has 8 rings (SSSR count). The molecule has 8 aliphatic rings. The number of aliphatic hydroxyl groups is 3. The lowest BCUT2D eigenvalue weighted by atomic mass is 9.41. The molecule has 266 valence electrons. The topological polar surface area (TPSA) is 121 Å². The quantitative estimate of drug-likeness (QED) is 0.353. The van der Waals surface area contributed by atoms with Gasteiger partial charge < -0.3 is 39.7 Å². The van der Waals surface area contributed by atoms with Crippen LogP contribution in [0, 0.1) is 56.7 Å². The fourth-order valence-corrected chi connectivity index (χ4v) is 14.0. The molecule has 8 fully saturated rings. The van der Waals surface area contributed by atoms with Gasteiger partial charge in [0, 0.05) is 25.0 Å². The maximum atomic E-state index is 13.0. The van der Waals surface area contributed by atoms with E-state index in [0.29, 0.717) is 43.9 Å². The van der Waals surface area contributed by atoms with Crippen LogP contribution in [0.1, 0.15) is 99.8 Å². The molecule has 0 bridgehead atoms. The van der Waals surface area contributed by atoms with E-state index in [0.717, 1.165) is 45.2 Å². The molecule has 47 heavy (non-hydrogen) atoms. The molecular weight excluding hydrogens is 596 g/mol. The molecule has 0 aromatic carbocycles. The second kappa shape index (κ2) is 10.6. The maximum absolute atomic E-state index is 13.0. The van der Waals surface area contributed by atoms with Crippen LogP contribution >= 0.6 is 0 Å². The van der Waals surface area contributed by atoms with Crippen LogP contribution in [0.3, 0.4) is 0 Å². The molecule has 5 saturated carbocycles.